The Bertz CT molecular complexity index is 609. The molecule has 5 nitrogen and oxygen atoms in total. The zero-order chi connectivity index (χ0) is 15.3. The lowest BCUT2D eigenvalue weighted by Crippen LogP contribution is -2.38. The maximum Gasteiger partial charge on any atom is 0.253 e. The molecule has 1 aromatic carbocycles. The first-order valence-electron chi connectivity index (χ1n) is 5.96. The average molecular weight is 299 g/mol. The van der Waals surface area contributed by atoms with Crippen LogP contribution in [-0.4, -0.2) is 39.1 Å². The second kappa shape index (κ2) is 6.51. The van der Waals surface area contributed by atoms with Gasteiger partial charge in [0.05, 0.1) is 6.26 Å². The fourth-order valence-electron chi connectivity index (χ4n) is 1.35. The SMILES string of the molecule is C=C(NC(=NS(C)(=O)=O)N(C)CC)c1ccc(F)cc1. The summed E-state index contributed by atoms with van der Waals surface area (Å²) >= 11 is 0. The van der Waals surface area contributed by atoms with E-state index in [9.17, 15) is 12.8 Å². The molecule has 0 saturated heterocycles. The van der Waals surface area contributed by atoms with Gasteiger partial charge in [-0.1, -0.05) is 18.7 Å². The second-order valence-electron chi connectivity index (χ2n) is 4.27. The Morgan fingerprint density at radius 2 is 1.95 bits per heavy atom. The molecule has 0 aromatic heterocycles. The normalized spacial score (nSPS) is 12.1. The van der Waals surface area contributed by atoms with Crippen LogP contribution in [0.4, 0.5) is 4.39 Å². The van der Waals surface area contributed by atoms with Crippen LogP contribution in [0, 0.1) is 5.82 Å². The van der Waals surface area contributed by atoms with Gasteiger partial charge in [0, 0.05) is 19.3 Å². The molecule has 0 unspecified atom stereocenters. The standard InChI is InChI=1S/C13H18FN3O2S/c1-5-17(3)13(16-20(4,18)19)15-10(2)11-6-8-12(14)9-7-11/h6-9H,2,5H2,1,3-4H3,(H,15,16). The minimum Gasteiger partial charge on any atom is -0.345 e. The maximum atomic E-state index is 12.9. The predicted octanol–water partition coefficient (Wildman–Crippen LogP) is 1.65. The highest BCUT2D eigenvalue weighted by Gasteiger charge is 2.11. The molecule has 0 saturated carbocycles. The van der Waals surface area contributed by atoms with Crippen LogP contribution < -0.4 is 5.32 Å². The summed E-state index contributed by atoms with van der Waals surface area (Å²) in [6.07, 6.45) is 1.01. The van der Waals surface area contributed by atoms with Gasteiger partial charge in [0.1, 0.15) is 5.82 Å². The van der Waals surface area contributed by atoms with E-state index in [1.165, 1.54) is 12.1 Å². The summed E-state index contributed by atoms with van der Waals surface area (Å²) in [4.78, 5) is 1.63. The Labute approximate surface area is 118 Å². The molecule has 0 aliphatic carbocycles. The van der Waals surface area contributed by atoms with E-state index in [4.69, 9.17) is 0 Å². The first-order chi connectivity index (χ1) is 9.23. The Kier molecular flexibility index (Phi) is 5.26. The van der Waals surface area contributed by atoms with Crippen LogP contribution in [0.15, 0.2) is 35.2 Å². The van der Waals surface area contributed by atoms with Crippen molar-refractivity contribution in [1.82, 2.24) is 10.2 Å². The smallest absolute Gasteiger partial charge is 0.253 e. The van der Waals surface area contributed by atoms with Gasteiger partial charge in [0.25, 0.3) is 10.0 Å². The molecule has 0 heterocycles. The molecule has 0 bridgehead atoms. The molecule has 1 aromatic rings. The Hall–Kier alpha value is -1.89. The number of halogens is 1. The predicted molar refractivity (Wildman–Crippen MR) is 79.2 cm³/mol. The molecule has 0 aliphatic rings. The summed E-state index contributed by atoms with van der Waals surface area (Å²) < 4.78 is 39.1. The van der Waals surface area contributed by atoms with Crippen LogP contribution in [0.3, 0.4) is 0 Å². The highest BCUT2D eigenvalue weighted by atomic mass is 32.2. The number of benzene rings is 1. The van der Waals surface area contributed by atoms with Crippen molar-refractivity contribution in [2.75, 3.05) is 19.8 Å². The fourth-order valence-corrected chi connectivity index (χ4v) is 1.85. The summed E-state index contributed by atoms with van der Waals surface area (Å²) in [5.74, 6) is -0.179. The minimum atomic E-state index is -3.53. The van der Waals surface area contributed by atoms with Crippen molar-refractivity contribution in [3.63, 3.8) is 0 Å². The van der Waals surface area contributed by atoms with Crippen molar-refractivity contribution in [2.45, 2.75) is 6.92 Å². The van der Waals surface area contributed by atoms with Crippen molar-refractivity contribution in [3.05, 3.63) is 42.2 Å². The number of hydrogen-bond donors (Lipinski definition) is 1. The molecule has 0 radical (unpaired) electrons. The molecule has 0 aliphatic heterocycles. The summed E-state index contributed by atoms with van der Waals surface area (Å²) in [5, 5.41) is 2.84. The van der Waals surface area contributed by atoms with Gasteiger partial charge in [-0.25, -0.2) is 12.8 Å². The van der Waals surface area contributed by atoms with E-state index in [0.717, 1.165) is 6.26 Å². The minimum absolute atomic E-state index is 0.171. The van der Waals surface area contributed by atoms with Crippen LogP contribution >= 0.6 is 0 Å². The van der Waals surface area contributed by atoms with E-state index < -0.39 is 10.0 Å². The molecule has 0 atom stereocenters. The summed E-state index contributed by atoms with van der Waals surface area (Å²) in [5.41, 5.74) is 1.09. The molecule has 0 fully saturated rings. The van der Waals surface area contributed by atoms with E-state index in [-0.39, 0.29) is 11.8 Å². The Balaban J connectivity index is 2.99. The largest absolute Gasteiger partial charge is 0.345 e. The second-order valence-corrected chi connectivity index (χ2v) is 5.92. The lowest BCUT2D eigenvalue weighted by molar-refractivity contribution is 0.521. The number of guanidine groups is 1. The maximum absolute atomic E-state index is 12.9. The van der Waals surface area contributed by atoms with Crippen LogP contribution in [0.25, 0.3) is 5.70 Å². The Morgan fingerprint density at radius 3 is 2.40 bits per heavy atom. The molecular formula is C13H18FN3O2S. The van der Waals surface area contributed by atoms with Gasteiger partial charge in [0.2, 0.25) is 5.96 Å². The number of nitrogens with one attached hydrogen (secondary N) is 1. The lowest BCUT2D eigenvalue weighted by Gasteiger charge is -2.21. The van der Waals surface area contributed by atoms with Gasteiger partial charge in [-0.15, -0.1) is 4.40 Å². The zero-order valence-electron chi connectivity index (χ0n) is 11.7. The molecular weight excluding hydrogens is 281 g/mol. The summed E-state index contributed by atoms with van der Waals surface area (Å²) in [6.45, 7) is 6.23. The molecule has 0 spiro atoms. The van der Waals surface area contributed by atoms with E-state index in [0.29, 0.717) is 17.8 Å². The third-order valence-electron chi connectivity index (χ3n) is 2.54. The van der Waals surface area contributed by atoms with Crippen molar-refractivity contribution in [1.29, 1.82) is 0 Å². The average Bonchev–Trinajstić information content (AvgIpc) is 2.36. The van der Waals surface area contributed by atoms with Gasteiger partial charge in [0.15, 0.2) is 0 Å². The topological polar surface area (TPSA) is 61.8 Å². The van der Waals surface area contributed by atoms with Crippen molar-refractivity contribution >= 4 is 21.7 Å². The number of nitrogens with zero attached hydrogens (tertiary/aromatic N) is 2. The van der Waals surface area contributed by atoms with Gasteiger partial charge in [-0.05, 0) is 24.6 Å². The lowest BCUT2D eigenvalue weighted by atomic mass is 10.2. The van der Waals surface area contributed by atoms with Gasteiger partial charge in [-0.2, -0.15) is 0 Å². The van der Waals surface area contributed by atoms with E-state index in [1.807, 2.05) is 6.92 Å². The van der Waals surface area contributed by atoms with Gasteiger partial charge < -0.3 is 10.2 Å². The van der Waals surface area contributed by atoms with Crippen LogP contribution in [0.5, 0.6) is 0 Å². The summed E-state index contributed by atoms with van der Waals surface area (Å²) in [6, 6.07) is 5.71. The van der Waals surface area contributed by atoms with E-state index in [2.05, 4.69) is 16.3 Å². The van der Waals surface area contributed by atoms with E-state index in [1.54, 1.807) is 24.1 Å². The van der Waals surface area contributed by atoms with Crippen LogP contribution in [0.2, 0.25) is 0 Å². The van der Waals surface area contributed by atoms with Crippen molar-refractivity contribution in [3.8, 4) is 0 Å². The zero-order valence-corrected chi connectivity index (χ0v) is 12.5. The molecule has 7 heteroatoms. The van der Waals surface area contributed by atoms with Gasteiger partial charge >= 0.3 is 0 Å². The van der Waals surface area contributed by atoms with Crippen LogP contribution in [-0.2, 0) is 10.0 Å². The van der Waals surface area contributed by atoms with Crippen LogP contribution in [0.1, 0.15) is 12.5 Å². The highest BCUT2D eigenvalue weighted by Crippen LogP contribution is 2.11. The van der Waals surface area contributed by atoms with Crippen molar-refractivity contribution < 1.29 is 12.8 Å². The molecule has 1 N–H and O–H groups in total. The van der Waals surface area contributed by atoms with E-state index >= 15 is 0 Å². The molecule has 1 rings (SSSR count). The quantitative estimate of drug-likeness (QED) is 0.678. The third kappa shape index (κ3) is 5.00. The number of rotatable bonds is 4. The first-order valence-corrected chi connectivity index (χ1v) is 7.80. The molecule has 20 heavy (non-hydrogen) atoms. The number of sulfonamides is 1. The summed E-state index contributed by atoms with van der Waals surface area (Å²) in [7, 11) is -1.83. The number of hydrogen-bond acceptors (Lipinski definition) is 2. The highest BCUT2D eigenvalue weighted by molar-refractivity contribution is 7.89. The van der Waals surface area contributed by atoms with Crippen molar-refractivity contribution in [2.24, 2.45) is 4.40 Å². The van der Waals surface area contributed by atoms with Gasteiger partial charge in [-0.3, -0.25) is 0 Å². The monoisotopic (exact) mass is 299 g/mol. The Morgan fingerprint density at radius 1 is 1.40 bits per heavy atom. The first kappa shape index (κ1) is 16.2. The molecule has 110 valence electrons. The third-order valence-corrected chi connectivity index (χ3v) is 3.05. The fraction of sp³-hybridized carbons (Fsp3) is 0.308. The molecule has 0 amide bonds.